The van der Waals surface area contributed by atoms with E-state index in [2.05, 4.69) is 5.32 Å². The molecule has 2 amide bonds. The summed E-state index contributed by atoms with van der Waals surface area (Å²) in [6.45, 7) is 1.71. The van der Waals surface area contributed by atoms with Crippen LogP contribution in [0.5, 0.6) is 0 Å². The smallest absolute Gasteiger partial charge is 0.264 e. The first-order chi connectivity index (χ1) is 20.7. The van der Waals surface area contributed by atoms with Crippen LogP contribution < -0.4 is 9.62 Å². The van der Waals surface area contributed by atoms with Crippen LogP contribution in [0.3, 0.4) is 0 Å². The highest BCUT2D eigenvalue weighted by molar-refractivity contribution is 7.92. The van der Waals surface area contributed by atoms with E-state index in [1.165, 1.54) is 29.2 Å². The van der Waals surface area contributed by atoms with E-state index < -0.39 is 34.3 Å². The fraction of sp³-hybridized carbons (Fsp3) is 0.212. The SMILES string of the molecule is CCCNC(=O)[C@H](Cc1ccccc1)N(Cc1cccc(Cl)c1)C(=O)CN(c1ccc(F)cc1)S(=O)(=O)c1ccccc1. The van der Waals surface area contributed by atoms with Gasteiger partial charge in [0.1, 0.15) is 18.4 Å². The fourth-order valence-corrected chi connectivity index (χ4v) is 6.26. The molecule has 1 atom stereocenters. The molecule has 1 N–H and O–H groups in total. The molecule has 0 spiro atoms. The Bertz CT molecular complexity index is 1620. The number of hydrogen-bond acceptors (Lipinski definition) is 4. The normalized spacial score (nSPS) is 11.9. The van der Waals surface area contributed by atoms with Crippen molar-refractivity contribution >= 4 is 39.1 Å². The molecule has 0 fully saturated rings. The van der Waals surface area contributed by atoms with Gasteiger partial charge in [-0.15, -0.1) is 0 Å². The van der Waals surface area contributed by atoms with Crippen molar-refractivity contribution in [2.24, 2.45) is 0 Å². The molecule has 0 heterocycles. The molecule has 0 aliphatic heterocycles. The highest BCUT2D eigenvalue weighted by Crippen LogP contribution is 2.25. The summed E-state index contributed by atoms with van der Waals surface area (Å²) in [5.41, 5.74) is 1.60. The fourth-order valence-electron chi connectivity index (χ4n) is 4.61. The molecule has 224 valence electrons. The maximum absolute atomic E-state index is 14.3. The van der Waals surface area contributed by atoms with Gasteiger partial charge in [0, 0.05) is 24.5 Å². The summed E-state index contributed by atoms with van der Waals surface area (Å²) in [7, 11) is -4.25. The minimum atomic E-state index is -4.25. The second kappa shape index (κ2) is 14.8. The molecule has 0 saturated heterocycles. The van der Waals surface area contributed by atoms with Crippen molar-refractivity contribution in [3.05, 3.63) is 131 Å². The van der Waals surface area contributed by atoms with E-state index in [0.29, 0.717) is 23.6 Å². The van der Waals surface area contributed by atoms with Crippen molar-refractivity contribution in [3.8, 4) is 0 Å². The molecule has 0 radical (unpaired) electrons. The topological polar surface area (TPSA) is 86.8 Å². The summed E-state index contributed by atoms with van der Waals surface area (Å²) in [6.07, 6.45) is 0.893. The van der Waals surface area contributed by atoms with Gasteiger partial charge in [0.25, 0.3) is 10.0 Å². The molecular formula is C33H33ClFN3O4S. The quantitative estimate of drug-likeness (QED) is 0.203. The lowest BCUT2D eigenvalue weighted by atomic mass is 10.0. The number of nitrogens with zero attached hydrogens (tertiary/aromatic N) is 2. The predicted octanol–water partition coefficient (Wildman–Crippen LogP) is 5.84. The summed E-state index contributed by atoms with van der Waals surface area (Å²) in [6, 6.07) is 27.8. The third-order valence-corrected chi connectivity index (χ3v) is 8.81. The zero-order valence-corrected chi connectivity index (χ0v) is 25.3. The second-order valence-corrected chi connectivity index (χ2v) is 12.2. The first-order valence-corrected chi connectivity index (χ1v) is 15.7. The second-order valence-electron chi connectivity index (χ2n) is 9.95. The third kappa shape index (κ3) is 8.43. The summed E-state index contributed by atoms with van der Waals surface area (Å²) < 4.78 is 42.5. The molecule has 0 saturated carbocycles. The number of rotatable bonds is 13. The maximum atomic E-state index is 14.3. The summed E-state index contributed by atoms with van der Waals surface area (Å²) in [5.74, 6) is -1.53. The molecule has 4 aromatic rings. The van der Waals surface area contributed by atoms with Gasteiger partial charge in [0.15, 0.2) is 0 Å². The molecule has 0 bridgehead atoms. The van der Waals surface area contributed by atoms with E-state index >= 15 is 0 Å². The van der Waals surface area contributed by atoms with Crippen molar-refractivity contribution in [3.63, 3.8) is 0 Å². The number of halogens is 2. The van der Waals surface area contributed by atoms with E-state index in [1.807, 2.05) is 37.3 Å². The lowest BCUT2D eigenvalue weighted by molar-refractivity contribution is -0.140. The molecule has 7 nitrogen and oxygen atoms in total. The zero-order valence-electron chi connectivity index (χ0n) is 23.7. The van der Waals surface area contributed by atoms with E-state index in [9.17, 15) is 22.4 Å². The van der Waals surface area contributed by atoms with Gasteiger partial charge in [-0.3, -0.25) is 13.9 Å². The summed E-state index contributed by atoms with van der Waals surface area (Å²) in [5, 5.41) is 3.36. The van der Waals surface area contributed by atoms with Gasteiger partial charge in [-0.05, 0) is 66.1 Å². The number of carbonyl (C=O) groups is 2. The average molecular weight is 622 g/mol. The monoisotopic (exact) mass is 621 g/mol. The summed E-state index contributed by atoms with van der Waals surface area (Å²) in [4.78, 5) is 29.3. The first-order valence-electron chi connectivity index (χ1n) is 13.9. The van der Waals surface area contributed by atoms with Crippen LogP contribution in [0.1, 0.15) is 24.5 Å². The van der Waals surface area contributed by atoms with Crippen LogP contribution in [-0.2, 0) is 32.6 Å². The Morgan fingerprint density at radius 1 is 0.860 bits per heavy atom. The molecule has 0 aliphatic rings. The first kappa shape index (κ1) is 31.7. The molecule has 10 heteroatoms. The molecular weight excluding hydrogens is 589 g/mol. The number of nitrogens with one attached hydrogen (secondary N) is 1. The minimum Gasteiger partial charge on any atom is -0.354 e. The van der Waals surface area contributed by atoms with Crippen LogP contribution in [0.15, 0.2) is 114 Å². The molecule has 43 heavy (non-hydrogen) atoms. The summed E-state index contributed by atoms with van der Waals surface area (Å²) >= 11 is 6.25. The van der Waals surface area contributed by atoms with Crippen molar-refractivity contribution in [2.45, 2.75) is 37.2 Å². The van der Waals surface area contributed by atoms with Gasteiger partial charge in [0.2, 0.25) is 11.8 Å². The van der Waals surface area contributed by atoms with Crippen molar-refractivity contribution in [2.75, 3.05) is 17.4 Å². The number of benzene rings is 4. The van der Waals surface area contributed by atoms with Crippen molar-refractivity contribution in [1.82, 2.24) is 10.2 Å². The number of carbonyl (C=O) groups excluding carboxylic acids is 2. The van der Waals surface area contributed by atoms with Crippen molar-refractivity contribution < 1.29 is 22.4 Å². The van der Waals surface area contributed by atoms with E-state index in [4.69, 9.17) is 11.6 Å². The number of anilines is 1. The Kier molecular flexibility index (Phi) is 10.9. The third-order valence-electron chi connectivity index (χ3n) is 6.79. The van der Waals surface area contributed by atoms with E-state index in [1.54, 1.807) is 42.5 Å². The zero-order chi connectivity index (χ0) is 30.8. The Hall–Kier alpha value is -4.21. The van der Waals surface area contributed by atoms with Gasteiger partial charge in [0.05, 0.1) is 10.6 Å². The van der Waals surface area contributed by atoms with Gasteiger partial charge < -0.3 is 10.2 Å². The lowest BCUT2D eigenvalue weighted by Crippen LogP contribution is -2.53. The Morgan fingerprint density at radius 2 is 1.49 bits per heavy atom. The lowest BCUT2D eigenvalue weighted by Gasteiger charge is -2.34. The maximum Gasteiger partial charge on any atom is 0.264 e. The predicted molar refractivity (Wildman–Crippen MR) is 167 cm³/mol. The van der Waals surface area contributed by atoms with Crippen LogP contribution in [0.4, 0.5) is 10.1 Å². The van der Waals surface area contributed by atoms with Crippen LogP contribution in [0.25, 0.3) is 0 Å². The minimum absolute atomic E-state index is 0.000912. The number of amides is 2. The van der Waals surface area contributed by atoms with Gasteiger partial charge in [-0.2, -0.15) is 0 Å². The number of sulfonamides is 1. The molecule has 4 aromatic carbocycles. The van der Waals surface area contributed by atoms with Crippen molar-refractivity contribution in [1.29, 1.82) is 0 Å². The Balaban J connectivity index is 1.78. The largest absolute Gasteiger partial charge is 0.354 e. The number of hydrogen-bond donors (Lipinski definition) is 1. The highest BCUT2D eigenvalue weighted by atomic mass is 35.5. The molecule has 0 unspecified atom stereocenters. The van der Waals surface area contributed by atoms with Crippen LogP contribution in [0.2, 0.25) is 5.02 Å². The van der Waals surface area contributed by atoms with Gasteiger partial charge in [-0.1, -0.05) is 79.2 Å². The van der Waals surface area contributed by atoms with E-state index in [-0.39, 0.29) is 29.5 Å². The Labute approximate surface area is 257 Å². The standard InChI is InChI=1S/C33H33ClFN3O4S/c1-2-20-36-33(40)31(22-25-10-5-3-6-11-25)37(23-26-12-9-13-27(34)21-26)32(39)24-38(29-18-16-28(35)17-19-29)43(41,42)30-14-7-4-8-15-30/h3-19,21,31H,2,20,22-24H2,1H3,(H,36,40)/t31-/m0/s1. The molecule has 0 aliphatic carbocycles. The van der Waals surface area contributed by atoms with Crippen LogP contribution in [-0.4, -0.2) is 44.3 Å². The van der Waals surface area contributed by atoms with Crippen LogP contribution in [0, 0.1) is 5.82 Å². The van der Waals surface area contributed by atoms with Gasteiger partial charge >= 0.3 is 0 Å². The van der Waals surface area contributed by atoms with E-state index in [0.717, 1.165) is 22.0 Å². The molecule has 0 aromatic heterocycles. The highest BCUT2D eigenvalue weighted by Gasteiger charge is 2.34. The Morgan fingerprint density at radius 3 is 2.12 bits per heavy atom. The van der Waals surface area contributed by atoms with Crippen LogP contribution >= 0.6 is 11.6 Å². The van der Waals surface area contributed by atoms with Gasteiger partial charge in [-0.25, -0.2) is 12.8 Å². The molecule has 4 rings (SSSR count). The average Bonchev–Trinajstić information content (AvgIpc) is 3.01.